The molecule has 10 nitrogen and oxygen atoms in total. The normalized spacial score (nSPS) is 19.4. The van der Waals surface area contributed by atoms with Gasteiger partial charge in [-0.05, 0) is 53.3 Å². The molecule has 0 saturated carbocycles. The number of carbonyl (C=O) groups excluding carboxylic acids is 2. The predicted octanol–water partition coefficient (Wildman–Crippen LogP) is 4.50. The highest BCUT2D eigenvalue weighted by atomic mass is 16.5. The number of carboxylic acid groups (broad SMARTS) is 1. The van der Waals surface area contributed by atoms with Crippen LogP contribution in [-0.4, -0.2) is 78.1 Å². The molecule has 1 fully saturated rings. The molecule has 2 atom stereocenters. The van der Waals surface area contributed by atoms with E-state index in [2.05, 4.69) is 24.1 Å². The van der Waals surface area contributed by atoms with Gasteiger partial charge >= 0.3 is 5.97 Å². The number of nitrogens with zero attached hydrogens (tertiary/aromatic N) is 2. The smallest absolute Gasteiger partial charge is 0.307 e. The van der Waals surface area contributed by atoms with E-state index in [-0.39, 0.29) is 36.9 Å². The molecular formula is C35H41N3O7. The first-order valence-corrected chi connectivity index (χ1v) is 15.3. The molecule has 0 unspecified atom stereocenters. The van der Waals surface area contributed by atoms with Crippen LogP contribution in [0.5, 0.6) is 17.2 Å². The molecule has 2 amide bonds. The van der Waals surface area contributed by atoms with E-state index in [4.69, 9.17) is 19.3 Å². The van der Waals surface area contributed by atoms with E-state index >= 15 is 0 Å². The fourth-order valence-corrected chi connectivity index (χ4v) is 5.55. The second-order valence-corrected chi connectivity index (χ2v) is 12.2. The van der Waals surface area contributed by atoms with Crippen molar-refractivity contribution in [2.45, 2.75) is 52.0 Å². The third kappa shape index (κ3) is 9.06. The molecule has 238 valence electrons. The van der Waals surface area contributed by atoms with Gasteiger partial charge in [0.25, 0.3) is 5.91 Å². The molecule has 2 N–H and O–H groups in total. The number of amides is 2. The van der Waals surface area contributed by atoms with Gasteiger partial charge in [-0.2, -0.15) is 0 Å². The zero-order chi connectivity index (χ0) is 31.9. The van der Waals surface area contributed by atoms with Gasteiger partial charge in [0.05, 0.1) is 38.3 Å². The molecule has 0 aromatic heterocycles. The standard InChI is InChI=1S/C35H41N3O7/c1-23(2)21-43-29-15-27-16-30(17-29)45-28-6-4-5-26(13-28)22-44-32-19-38(18-25-9-7-24(8-10-25)14-34(40)41)12-11-31(32)36-33(39)20-37(3)35(27)42/h4-10,13,15-17,23,31-32H,11-12,14,18-22H2,1-3H3,(H,36,39)(H,40,41)/t31-,32-/m0/s1. The molecular weight excluding hydrogens is 574 g/mol. The molecule has 1 saturated heterocycles. The van der Waals surface area contributed by atoms with Gasteiger partial charge in [0.1, 0.15) is 17.2 Å². The molecule has 0 radical (unpaired) electrons. The van der Waals surface area contributed by atoms with Gasteiger partial charge in [-0.25, -0.2) is 0 Å². The van der Waals surface area contributed by atoms with Crippen molar-refractivity contribution < 1.29 is 33.7 Å². The highest BCUT2D eigenvalue weighted by molar-refractivity contribution is 5.97. The monoisotopic (exact) mass is 615 g/mol. The number of likely N-dealkylation sites (tertiary alicyclic amines) is 1. The summed E-state index contributed by atoms with van der Waals surface area (Å²) in [6.45, 7) is 6.82. The SMILES string of the molecule is CC(C)COc1cc2cc(c1)C(=O)N(C)CC(=O)N[C@H]1CCN(Cc3ccc(CC(=O)O)cc3)C[C@@H]1OCc1cccc(c1)O2. The Kier molecular flexibility index (Phi) is 10.4. The number of hydrogen-bond acceptors (Lipinski definition) is 7. The topological polar surface area (TPSA) is 118 Å². The number of aliphatic carboxylic acids is 1. The molecule has 3 aromatic rings. The van der Waals surface area contributed by atoms with Crippen LogP contribution < -0.4 is 14.8 Å². The fraction of sp³-hybridized carbons (Fsp3) is 0.400. The molecule has 4 bridgehead atoms. The lowest BCUT2D eigenvalue weighted by atomic mass is 10.00. The first-order chi connectivity index (χ1) is 21.6. The fourth-order valence-electron chi connectivity index (χ4n) is 5.55. The van der Waals surface area contributed by atoms with Crippen LogP contribution in [0.15, 0.2) is 66.7 Å². The molecule has 2 aliphatic heterocycles. The first-order valence-electron chi connectivity index (χ1n) is 15.3. The van der Waals surface area contributed by atoms with E-state index in [0.29, 0.717) is 61.5 Å². The van der Waals surface area contributed by atoms with Crippen molar-refractivity contribution in [1.82, 2.24) is 15.1 Å². The summed E-state index contributed by atoms with van der Waals surface area (Å²) in [6.07, 6.45) is 0.377. The summed E-state index contributed by atoms with van der Waals surface area (Å²) < 4.78 is 18.6. The number of nitrogens with one attached hydrogen (secondary N) is 1. The zero-order valence-electron chi connectivity index (χ0n) is 26.0. The Morgan fingerprint density at radius 3 is 2.58 bits per heavy atom. The van der Waals surface area contributed by atoms with Gasteiger partial charge in [0, 0.05) is 38.3 Å². The summed E-state index contributed by atoms with van der Waals surface area (Å²) in [5, 5.41) is 12.2. The van der Waals surface area contributed by atoms with Crippen LogP contribution in [0.2, 0.25) is 0 Å². The van der Waals surface area contributed by atoms with Crippen LogP contribution in [0.1, 0.15) is 47.3 Å². The van der Waals surface area contributed by atoms with Gasteiger partial charge in [-0.15, -0.1) is 0 Å². The summed E-state index contributed by atoms with van der Waals surface area (Å²) in [6, 6.07) is 20.1. The summed E-state index contributed by atoms with van der Waals surface area (Å²) in [5.41, 5.74) is 3.12. The minimum absolute atomic E-state index is 0.00599. The molecule has 5 rings (SSSR count). The van der Waals surface area contributed by atoms with Crippen molar-refractivity contribution in [2.75, 3.05) is 33.3 Å². The Labute approximate surface area is 263 Å². The van der Waals surface area contributed by atoms with Crippen molar-refractivity contribution >= 4 is 17.8 Å². The average Bonchev–Trinajstić information content (AvgIpc) is 3.00. The van der Waals surface area contributed by atoms with E-state index < -0.39 is 5.97 Å². The van der Waals surface area contributed by atoms with Crippen molar-refractivity contribution in [2.24, 2.45) is 5.92 Å². The van der Waals surface area contributed by atoms with Gasteiger partial charge in [0.15, 0.2) is 0 Å². The Morgan fingerprint density at radius 1 is 1.04 bits per heavy atom. The molecule has 0 aliphatic carbocycles. The highest BCUT2D eigenvalue weighted by Gasteiger charge is 2.32. The molecule has 0 spiro atoms. The Balaban J connectivity index is 1.36. The number of ether oxygens (including phenoxy) is 3. The molecule has 2 aliphatic rings. The predicted molar refractivity (Wildman–Crippen MR) is 168 cm³/mol. The third-order valence-corrected chi connectivity index (χ3v) is 7.81. The van der Waals surface area contributed by atoms with E-state index in [1.807, 2.05) is 48.5 Å². The van der Waals surface area contributed by atoms with Crippen LogP contribution in [0.3, 0.4) is 0 Å². The number of carboxylic acids is 1. The van der Waals surface area contributed by atoms with Gasteiger partial charge in [-0.3, -0.25) is 19.3 Å². The molecule has 10 heteroatoms. The van der Waals surface area contributed by atoms with Gasteiger partial charge in [0.2, 0.25) is 5.91 Å². The van der Waals surface area contributed by atoms with Crippen molar-refractivity contribution in [3.8, 4) is 17.2 Å². The lowest BCUT2D eigenvalue weighted by Gasteiger charge is -2.39. The van der Waals surface area contributed by atoms with E-state index in [0.717, 1.165) is 23.2 Å². The minimum atomic E-state index is -0.855. The summed E-state index contributed by atoms with van der Waals surface area (Å²) in [5.74, 6) is 0.460. The highest BCUT2D eigenvalue weighted by Crippen LogP contribution is 2.30. The second-order valence-electron chi connectivity index (χ2n) is 12.2. The molecule has 2 heterocycles. The van der Waals surface area contributed by atoms with Crippen molar-refractivity contribution in [3.05, 3.63) is 89.0 Å². The van der Waals surface area contributed by atoms with Gasteiger partial charge in [-0.1, -0.05) is 50.2 Å². The van der Waals surface area contributed by atoms with Crippen LogP contribution in [0, 0.1) is 5.92 Å². The lowest BCUT2D eigenvalue weighted by Crippen LogP contribution is -2.56. The van der Waals surface area contributed by atoms with Gasteiger partial charge < -0.3 is 29.5 Å². The Morgan fingerprint density at radius 2 is 1.82 bits per heavy atom. The summed E-state index contributed by atoms with van der Waals surface area (Å²) >= 11 is 0. The number of carbonyl (C=O) groups is 3. The summed E-state index contributed by atoms with van der Waals surface area (Å²) in [4.78, 5) is 41.4. The molecule has 45 heavy (non-hydrogen) atoms. The van der Waals surface area contributed by atoms with E-state index in [1.165, 1.54) is 4.90 Å². The zero-order valence-corrected chi connectivity index (χ0v) is 26.0. The van der Waals surface area contributed by atoms with Crippen molar-refractivity contribution in [1.29, 1.82) is 0 Å². The van der Waals surface area contributed by atoms with Crippen LogP contribution >= 0.6 is 0 Å². The average molecular weight is 616 g/mol. The third-order valence-electron chi connectivity index (χ3n) is 7.81. The van der Waals surface area contributed by atoms with Crippen LogP contribution in [0.4, 0.5) is 0 Å². The Hall–Kier alpha value is -4.41. The quantitative estimate of drug-likeness (QED) is 0.399. The number of hydrogen-bond donors (Lipinski definition) is 2. The maximum absolute atomic E-state index is 13.5. The summed E-state index contributed by atoms with van der Waals surface area (Å²) in [7, 11) is 1.61. The van der Waals surface area contributed by atoms with Crippen LogP contribution in [0.25, 0.3) is 0 Å². The van der Waals surface area contributed by atoms with E-state index in [9.17, 15) is 14.4 Å². The molecule has 3 aromatic carbocycles. The number of likely N-dealkylation sites (N-methyl/N-ethyl adjacent to an activating group) is 1. The largest absolute Gasteiger partial charge is 0.493 e. The number of rotatable bonds is 7. The maximum atomic E-state index is 13.5. The number of benzene rings is 3. The lowest BCUT2D eigenvalue weighted by molar-refractivity contribution is -0.136. The van der Waals surface area contributed by atoms with Crippen LogP contribution in [-0.2, 0) is 33.9 Å². The van der Waals surface area contributed by atoms with E-state index in [1.54, 1.807) is 25.2 Å². The van der Waals surface area contributed by atoms with Crippen molar-refractivity contribution in [3.63, 3.8) is 0 Å². The maximum Gasteiger partial charge on any atom is 0.307 e. The number of fused-ring (bicyclic) bond motifs is 5. The minimum Gasteiger partial charge on any atom is -0.493 e. The Bertz CT molecular complexity index is 1510. The second kappa shape index (κ2) is 14.6. The first kappa shape index (κ1) is 32.0. The number of piperidine rings is 1.